The van der Waals surface area contributed by atoms with E-state index in [2.05, 4.69) is 6.92 Å². The first-order chi connectivity index (χ1) is 10.2. The van der Waals surface area contributed by atoms with Gasteiger partial charge in [0.2, 0.25) is 0 Å². The van der Waals surface area contributed by atoms with Crippen molar-refractivity contribution in [3.05, 3.63) is 59.7 Å². The second-order valence-electron chi connectivity index (χ2n) is 4.83. The van der Waals surface area contributed by atoms with Gasteiger partial charge in [-0.3, -0.25) is 4.79 Å². The Bertz CT molecular complexity index is 570. The molecule has 0 unspecified atom stereocenters. The summed E-state index contributed by atoms with van der Waals surface area (Å²) in [6, 6.07) is 14.9. The van der Waals surface area contributed by atoms with E-state index in [-0.39, 0.29) is 12.4 Å². The highest BCUT2D eigenvalue weighted by Gasteiger charge is 2.07. The summed E-state index contributed by atoms with van der Waals surface area (Å²) < 4.78 is 10.6. The number of benzene rings is 2. The Balaban J connectivity index is 1.90. The van der Waals surface area contributed by atoms with Crippen LogP contribution in [0.4, 0.5) is 0 Å². The molecule has 0 aliphatic heterocycles. The maximum absolute atomic E-state index is 12.0. The molecule has 0 amide bonds. The molecule has 2 rings (SSSR count). The van der Waals surface area contributed by atoms with Crippen molar-refractivity contribution in [2.75, 3.05) is 13.7 Å². The van der Waals surface area contributed by atoms with Crippen LogP contribution in [0.2, 0.25) is 0 Å². The van der Waals surface area contributed by atoms with Gasteiger partial charge in [0.1, 0.15) is 11.5 Å². The Morgan fingerprint density at radius 2 is 1.57 bits per heavy atom. The smallest absolute Gasteiger partial charge is 0.200 e. The van der Waals surface area contributed by atoms with Gasteiger partial charge in [-0.1, -0.05) is 25.5 Å². The lowest BCUT2D eigenvalue weighted by molar-refractivity contribution is 0.0921. The van der Waals surface area contributed by atoms with Gasteiger partial charge < -0.3 is 9.47 Å². The van der Waals surface area contributed by atoms with E-state index < -0.39 is 0 Å². The quantitative estimate of drug-likeness (QED) is 0.723. The molecule has 0 radical (unpaired) electrons. The zero-order chi connectivity index (χ0) is 15.1. The summed E-state index contributed by atoms with van der Waals surface area (Å²) in [4.78, 5) is 12.0. The molecule has 3 nitrogen and oxygen atoms in total. The van der Waals surface area contributed by atoms with Crippen LogP contribution < -0.4 is 9.47 Å². The van der Waals surface area contributed by atoms with E-state index in [9.17, 15) is 4.79 Å². The second-order valence-corrected chi connectivity index (χ2v) is 4.83. The number of aryl methyl sites for hydroxylation is 1. The van der Waals surface area contributed by atoms with Crippen LogP contribution in [0.1, 0.15) is 29.3 Å². The van der Waals surface area contributed by atoms with Crippen molar-refractivity contribution in [1.29, 1.82) is 0 Å². The SMILES string of the molecule is CCCc1ccc(OCC(=O)c2ccc(OC)cc2)cc1. The van der Waals surface area contributed by atoms with Crippen LogP contribution in [-0.4, -0.2) is 19.5 Å². The Kier molecular flexibility index (Phi) is 5.38. The summed E-state index contributed by atoms with van der Waals surface area (Å²) in [6.45, 7) is 2.19. The lowest BCUT2D eigenvalue weighted by Gasteiger charge is -2.07. The van der Waals surface area contributed by atoms with Crippen LogP contribution in [0.25, 0.3) is 0 Å². The zero-order valence-corrected chi connectivity index (χ0v) is 12.5. The van der Waals surface area contributed by atoms with Crippen LogP contribution >= 0.6 is 0 Å². The van der Waals surface area contributed by atoms with Gasteiger partial charge in [-0.2, -0.15) is 0 Å². The number of hydrogen-bond donors (Lipinski definition) is 0. The Morgan fingerprint density at radius 1 is 0.952 bits per heavy atom. The number of carbonyl (C=O) groups excluding carboxylic acids is 1. The van der Waals surface area contributed by atoms with E-state index in [1.54, 1.807) is 31.4 Å². The van der Waals surface area contributed by atoms with E-state index in [1.807, 2.05) is 24.3 Å². The molecule has 0 saturated carbocycles. The highest BCUT2D eigenvalue weighted by atomic mass is 16.5. The predicted octanol–water partition coefficient (Wildman–Crippen LogP) is 3.91. The largest absolute Gasteiger partial charge is 0.497 e. The molecule has 0 N–H and O–H groups in total. The minimum atomic E-state index is -0.0460. The molecule has 0 aromatic heterocycles. The summed E-state index contributed by atoms with van der Waals surface area (Å²) >= 11 is 0. The molecular formula is C18H20O3. The third kappa shape index (κ3) is 4.35. The predicted molar refractivity (Wildman–Crippen MR) is 83.3 cm³/mol. The van der Waals surface area contributed by atoms with Gasteiger partial charge in [-0.05, 0) is 48.4 Å². The van der Waals surface area contributed by atoms with Crippen LogP contribution in [0.5, 0.6) is 11.5 Å². The van der Waals surface area contributed by atoms with Crippen LogP contribution in [0.3, 0.4) is 0 Å². The first-order valence-electron chi connectivity index (χ1n) is 7.12. The third-order valence-corrected chi connectivity index (χ3v) is 3.24. The van der Waals surface area contributed by atoms with Crippen molar-refractivity contribution in [2.45, 2.75) is 19.8 Å². The van der Waals surface area contributed by atoms with Gasteiger partial charge in [0.15, 0.2) is 12.4 Å². The fraction of sp³-hybridized carbons (Fsp3) is 0.278. The maximum atomic E-state index is 12.0. The molecule has 2 aromatic carbocycles. The van der Waals surface area contributed by atoms with Crippen LogP contribution in [0, 0.1) is 0 Å². The summed E-state index contributed by atoms with van der Waals surface area (Å²) in [5, 5.41) is 0. The number of ketones is 1. The van der Waals surface area contributed by atoms with Crippen LogP contribution in [0.15, 0.2) is 48.5 Å². The summed E-state index contributed by atoms with van der Waals surface area (Å²) in [5.41, 5.74) is 1.91. The topological polar surface area (TPSA) is 35.5 Å². The number of rotatable bonds is 7. The highest BCUT2D eigenvalue weighted by Crippen LogP contribution is 2.15. The average Bonchev–Trinajstić information content (AvgIpc) is 2.54. The van der Waals surface area contributed by atoms with Gasteiger partial charge in [0.05, 0.1) is 7.11 Å². The van der Waals surface area contributed by atoms with Gasteiger partial charge in [-0.15, -0.1) is 0 Å². The second kappa shape index (κ2) is 7.48. The molecule has 110 valence electrons. The number of hydrogen-bond acceptors (Lipinski definition) is 3. The third-order valence-electron chi connectivity index (χ3n) is 3.24. The lowest BCUT2D eigenvalue weighted by Crippen LogP contribution is -2.11. The molecule has 0 atom stereocenters. The fourth-order valence-corrected chi connectivity index (χ4v) is 2.05. The first kappa shape index (κ1) is 15.1. The Labute approximate surface area is 125 Å². The minimum absolute atomic E-state index is 0.0411. The van der Waals surface area contributed by atoms with Crippen molar-refractivity contribution in [3.63, 3.8) is 0 Å². The summed E-state index contributed by atoms with van der Waals surface area (Å²) in [5.74, 6) is 1.41. The maximum Gasteiger partial charge on any atom is 0.200 e. The lowest BCUT2D eigenvalue weighted by atomic mass is 10.1. The fourth-order valence-electron chi connectivity index (χ4n) is 2.05. The zero-order valence-electron chi connectivity index (χ0n) is 12.5. The molecule has 0 spiro atoms. The number of ether oxygens (including phenoxy) is 2. The monoisotopic (exact) mass is 284 g/mol. The van der Waals surface area contributed by atoms with Gasteiger partial charge in [0.25, 0.3) is 0 Å². The average molecular weight is 284 g/mol. The minimum Gasteiger partial charge on any atom is -0.497 e. The molecule has 2 aromatic rings. The first-order valence-corrected chi connectivity index (χ1v) is 7.12. The molecule has 0 aliphatic carbocycles. The number of carbonyl (C=O) groups is 1. The molecule has 0 saturated heterocycles. The molecule has 0 heterocycles. The van der Waals surface area contributed by atoms with Gasteiger partial charge >= 0.3 is 0 Å². The summed E-state index contributed by atoms with van der Waals surface area (Å²) in [6.07, 6.45) is 2.18. The standard InChI is InChI=1S/C18H20O3/c1-3-4-14-5-9-17(10-6-14)21-13-18(19)15-7-11-16(20-2)12-8-15/h5-12H,3-4,13H2,1-2H3. The molecule has 0 fully saturated rings. The highest BCUT2D eigenvalue weighted by molar-refractivity contribution is 5.97. The van der Waals surface area contributed by atoms with Crippen molar-refractivity contribution >= 4 is 5.78 Å². The van der Waals surface area contributed by atoms with E-state index >= 15 is 0 Å². The van der Waals surface area contributed by atoms with Gasteiger partial charge in [0, 0.05) is 5.56 Å². The molecule has 21 heavy (non-hydrogen) atoms. The number of Topliss-reactive ketones (excluding diaryl/α,β-unsaturated/α-hetero) is 1. The van der Waals surface area contributed by atoms with E-state index in [4.69, 9.17) is 9.47 Å². The van der Waals surface area contributed by atoms with E-state index in [0.29, 0.717) is 5.56 Å². The van der Waals surface area contributed by atoms with Crippen LogP contribution in [-0.2, 0) is 6.42 Å². The normalized spacial score (nSPS) is 10.2. The van der Waals surface area contributed by atoms with Crippen molar-refractivity contribution in [3.8, 4) is 11.5 Å². The molecule has 0 bridgehead atoms. The van der Waals surface area contributed by atoms with Crippen molar-refractivity contribution in [2.24, 2.45) is 0 Å². The molecular weight excluding hydrogens is 264 g/mol. The summed E-state index contributed by atoms with van der Waals surface area (Å²) in [7, 11) is 1.60. The van der Waals surface area contributed by atoms with Crippen molar-refractivity contribution < 1.29 is 14.3 Å². The van der Waals surface area contributed by atoms with Crippen molar-refractivity contribution in [1.82, 2.24) is 0 Å². The molecule has 0 aliphatic rings. The van der Waals surface area contributed by atoms with E-state index in [0.717, 1.165) is 24.3 Å². The Hall–Kier alpha value is -2.29. The Morgan fingerprint density at radius 3 is 2.14 bits per heavy atom. The van der Waals surface area contributed by atoms with E-state index in [1.165, 1.54) is 5.56 Å². The van der Waals surface area contributed by atoms with Gasteiger partial charge in [-0.25, -0.2) is 0 Å². The number of methoxy groups -OCH3 is 1. The molecule has 3 heteroatoms.